The Morgan fingerprint density at radius 2 is 1.88 bits per heavy atom. The average molecular weight is 330 g/mol. The molecule has 2 saturated heterocycles. The van der Waals surface area contributed by atoms with Gasteiger partial charge in [-0.2, -0.15) is 0 Å². The molecule has 5 nitrogen and oxygen atoms in total. The SMILES string of the molecule is CC(C)c1nccc(CN2CCCC23CCCN(C(C)C)C3=O)n1. The van der Waals surface area contributed by atoms with Crippen molar-refractivity contribution in [2.75, 3.05) is 13.1 Å². The van der Waals surface area contributed by atoms with Crippen molar-refractivity contribution in [3.8, 4) is 0 Å². The van der Waals surface area contributed by atoms with Crippen LogP contribution in [0.3, 0.4) is 0 Å². The molecule has 1 spiro atoms. The zero-order valence-electron chi connectivity index (χ0n) is 15.5. The first-order valence-electron chi connectivity index (χ1n) is 9.32. The number of rotatable bonds is 4. The van der Waals surface area contributed by atoms with E-state index < -0.39 is 0 Å². The van der Waals surface area contributed by atoms with Gasteiger partial charge in [0.25, 0.3) is 0 Å². The molecule has 24 heavy (non-hydrogen) atoms. The Bertz CT molecular complexity index is 601. The molecule has 3 rings (SSSR count). The molecule has 5 heteroatoms. The normalized spacial score (nSPS) is 25.4. The Morgan fingerprint density at radius 3 is 2.54 bits per heavy atom. The number of piperidine rings is 1. The number of amides is 1. The topological polar surface area (TPSA) is 49.3 Å². The standard InChI is InChI=1S/C19H30N4O/c1-14(2)17-20-10-7-16(21-17)13-22-11-5-8-19(22)9-6-12-23(15(3)4)18(19)24/h7,10,14-15H,5-6,8-9,11-13H2,1-4H3. The molecule has 2 aliphatic rings. The minimum atomic E-state index is -0.300. The van der Waals surface area contributed by atoms with E-state index in [1.807, 2.05) is 12.3 Å². The van der Waals surface area contributed by atoms with Crippen molar-refractivity contribution in [1.82, 2.24) is 19.8 Å². The third-order valence-electron chi connectivity index (χ3n) is 5.50. The van der Waals surface area contributed by atoms with Crippen molar-refractivity contribution < 1.29 is 4.79 Å². The van der Waals surface area contributed by atoms with Crippen LogP contribution in [-0.2, 0) is 11.3 Å². The predicted molar refractivity (Wildman–Crippen MR) is 94.6 cm³/mol. The quantitative estimate of drug-likeness (QED) is 0.851. The third kappa shape index (κ3) is 3.06. The number of aromatic nitrogens is 2. The van der Waals surface area contributed by atoms with Crippen LogP contribution in [0.1, 0.15) is 70.8 Å². The summed E-state index contributed by atoms with van der Waals surface area (Å²) in [7, 11) is 0. The summed E-state index contributed by atoms with van der Waals surface area (Å²) in [4.78, 5) is 26.8. The lowest BCUT2D eigenvalue weighted by atomic mass is 9.84. The first-order chi connectivity index (χ1) is 11.4. The molecule has 1 aromatic heterocycles. The zero-order valence-corrected chi connectivity index (χ0v) is 15.5. The summed E-state index contributed by atoms with van der Waals surface area (Å²) in [5.74, 6) is 1.55. The summed E-state index contributed by atoms with van der Waals surface area (Å²) in [6.45, 7) is 11.1. The summed E-state index contributed by atoms with van der Waals surface area (Å²) in [6.07, 6.45) is 6.01. The highest BCUT2D eigenvalue weighted by atomic mass is 16.2. The second kappa shape index (κ2) is 6.79. The van der Waals surface area contributed by atoms with Crippen LogP contribution in [-0.4, -0.2) is 50.3 Å². The van der Waals surface area contributed by atoms with E-state index in [-0.39, 0.29) is 11.6 Å². The highest BCUT2D eigenvalue weighted by Crippen LogP contribution is 2.39. The second-order valence-corrected chi connectivity index (χ2v) is 7.81. The van der Waals surface area contributed by atoms with E-state index >= 15 is 0 Å². The van der Waals surface area contributed by atoms with E-state index in [0.29, 0.717) is 11.8 Å². The highest BCUT2D eigenvalue weighted by molar-refractivity contribution is 5.87. The Hall–Kier alpha value is -1.49. The van der Waals surface area contributed by atoms with Gasteiger partial charge in [0.2, 0.25) is 5.91 Å². The van der Waals surface area contributed by atoms with Gasteiger partial charge in [-0.1, -0.05) is 13.8 Å². The maximum atomic E-state index is 13.2. The molecule has 0 radical (unpaired) electrons. The molecule has 0 aromatic carbocycles. The van der Waals surface area contributed by atoms with Crippen LogP contribution in [0.15, 0.2) is 12.3 Å². The van der Waals surface area contributed by atoms with Crippen molar-refractivity contribution in [3.63, 3.8) is 0 Å². The van der Waals surface area contributed by atoms with Gasteiger partial charge < -0.3 is 4.90 Å². The highest BCUT2D eigenvalue weighted by Gasteiger charge is 2.51. The zero-order chi connectivity index (χ0) is 17.3. The van der Waals surface area contributed by atoms with E-state index in [9.17, 15) is 4.79 Å². The number of carbonyl (C=O) groups is 1. The number of hydrogen-bond acceptors (Lipinski definition) is 4. The van der Waals surface area contributed by atoms with E-state index in [2.05, 4.69) is 42.5 Å². The first-order valence-corrected chi connectivity index (χ1v) is 9.32. The van der Waals surface area contributed by atoms with Gasteiger partial charge in [-0.05, 0) is 52.1 Å². The molecule has 1 aromatic rings. The largest absolute Gasteiger partial charge is 0.339 e. The molecule has 0 saturated carbocycles. The van der Waals surface area contributed by atoms with Crippen LogP contribution < -0.4 is 0 Å². The lowest BCUT2D eigenvalue weighted by molar-refractivity contribution is -0.149. The predicted octanol–water partition coefficient (Wildman–Crippen LogP) is 2.97. The smallest absolute Gasteiger partial charge is 0.243 e. The van der Waals surface area contributed by atoms with Crippen LogP contribution in [0, 0.1) is 0 Å². The van der Waals surface area contributed by atoms with Crippen LogP contribution in [0.5, 0.6) is 0 Å². The van der Waals surface area contributed by atoms with Crippen LogP contribution in [0.25, 0.3) is 0 Å². The van der Waals surface area contributed by atoms with E-state index in [4.69, 9.17) is 4.98 Å². The van der Waals surface area contributed by atoms with Gasteiger partial charge in [0.1, 0.15) is 11.4 Å². The van der Waals surface area contributed by atoms with Crippen molar-refractivity contribution >= 4 is 5.91 Å². The summed E-state index contributed by atoms with van der Waals surface area (Å²) in [5, 5.41) is 0. The Balaban J connectivity index is 1.83. The van der Waals surface area contributed by atoms with Gasteiger partial charge in [-0.3, -0.25) is 9.69 Å². The lowest BCUT2D eigenvalue weighted by Gasteiger charge is -2.46. The molecule has 0 bridgehead atoms. The van der Waals surface area contributed by atoms with Gasteiger partial charge in [-0.15, -0.1) is 0 Å². The number of carbonyl (C=O) groups excluding carboxylic acids is 1. The van der Waals surface area contributed by atoms with Crippen molar-refractivity contribution in [2.45, 2.75) is 77.4 Å². The van der Waals surface area contributed by atoms with Crippen LogP contribution in [0.4, 0.5) is 0 Å². The van der Waals surface area contributed by atoms with Crippen molar-refractivity contribution in [3.05, 3.63) is 23.8 Å². The molecule has 1 amide bonds. The number of likely N-dealkylation sites (tertiary alicyclic amines) is 2. The maximum absolute atomic E-state index is 13.2. The molecule has 1 atom stereocenters. The minimum absolute atomic E-state index is 0.281. The fourth-order valence-corrected chi connectivity index (χ4v) is 4.18. The molecule has 132 valence electrons. The first kappa shape index (κ1) is 17.3. The molecular weight excluding hydrogens is 300 g/mol. The Kier molecular flexibility index (Phi) is 4.90. The Morgan fingerprint density at radius 1 is 1.17 bits per heavy atom. The molecule has 0 N–H and O–H groups in total. The fraction of sp³-hybridized carbons (Fsp3) is 0.737. The second-order valence-electron chi connectivity index (χ2n) is 7.81. The molecule has 0 aliphatic carbocycles. The summed E-state index contributed by atoms with van der Waals surface area (Å²) < 4.78 is 0. The summed E-state index contributed by atoms with van der Waals surface area (Å²) in [5.41, 5.74) is 0.732. The fourth-order valence-electron chi connectivity index (χ4n) is 4.18. The number of hydrogen-bond donors (Lipinski definition) is 0. The number of nitrogens with zero attached hydrogens (tertiary/aromatic N) is 4. The van der Waals surface area contributed by atoms with Crippen molar-refractivity contribution in [2.24, 2.45) is 0 Å². The van der Waals surface area contributed by atoms with Gasteiger partial charge in [-0.25, -0.2) is 9.97 Å². The Labute approximate surface area is 145 Å². The maximum Gasteiger partial charge on any atom is 0.243 e. The molecular formula is C19H30N4O. The molecule has 3 heterocycles. The monoisotopic (exact) mass is 330 g/mol. The van der Waals surface area contributed by atoms with E-state index in [0.717, 1.165) is 56.8 Å². The van der Waals surface area contributed by atoms with Crippen LogP contribution >= 0.6 is 0 Å². The van der Waals surface area contributed by atoms with E-state index in [1.54, 1.807) is 0 Å². The average Bonchev–Trinajstić information content (AvgIpc) is 2.93. The van der Waals surface area contributed by atoms with Gasteiger partial charge >= 0.3 is 0 Å². The van der Waals surface area contributed by atoms with Gasteiger partial charge in [0, 0.05) is 31.2 Å². The molecule has 1 unspecified atom stereocenters. The van der Waals surface area contributed by atoms with Crippen molar-refractivity contribution in [1.29, 1.82) is 0 Å². The molecule has 2 fully saturated rings. The summed E-state index contributed by atoms with van der Waals surface area (Å²) in [6, 6.07) is 2.27. The lowest BCUT2D eigenvalue weighted by Crippen LogP contribution is -2.61. The summed E-state index contributed by atoms with van der Waals surface area (Å²) >= 11 is 0. The third-order valence-corrected chi connectivity index (χ3v) is 5.50. The minimum Gasteiger partial charge on any atom is -0.339 e. The molecule has 2 aliphatic heterocycles. The van der Waals surface area contributed by atoms with Gasteiger partial charge in [0.05, 0.1) is 5.69 Å². The van der Waals surface area contributed by atoms with Gasteiger partial charge in [0.15, 0.2) is 0 Å². The van der Waals surface area contributed by atoms with Crippen LogP contribution in [0.2, 0.25) is 0 Å². The van der Waals surface area contributed by atoms with E-state index in [1.165, 1.54) is 0 Å².